The molecule has 2 rings (SSSR count). The van der Waals surface area contributed by atoms with E-state index in [1.54, 1.807) is 10.9 Å². The fraction of sp³-hybridized carbons (Fsp3) is 0.273. The van der Waals surface area contributed by atoms with Crippen LogP contribution in [0.4, 0.5) is 5.69 Å². The van der Waals surface area contributed by atoms with Gasteiger partial charge in [-0.25, -0.2) is 0 Å². The Hall–Kier alpha value is -2.24. The first-order valence-corrected chi connectivity index (χ1v) is 5.31. The van der Waals surface area contributed by atoms with Crippen molar-refractivity contribution in [3.63, 3.8) is 0 Å². The quantitative estimate of drug-likeness (QED) is 0.595. The highest BCUT2D eigenvalue weighted by molar-refractivity contribution is 5.32. The van der Waals surface area contributed by atoms with Gasteiger partial charge in [0, 0.05) is 6.20 Å². The van der Waals surface area contributed by atoms with Gasteiger partial charge in [0.1, 0.15) is 11.9 Å². The number of pyridine rings is 1. The van der Waals surface area contributed by atoms with Gasteiger partial charge in [-0.05, 0) is 18.6 Å². The first-order chi connectivity index (χ1) is 8.20. The molecule has 0 spiro atoms. The van der Waals surface area contributed by atoms with Gasteiger partial charge in [-0.1, -0.05) is 13.0 Å². The van der Waals surface area contributed by atoms with Gasteiger partial charge in [0.2, 0.25) is 0 Å². The number of nitro groups is 1. The van der Waals surface area contributed by atoms with Gasteiger partial charge in [0.25, 0.3) is 0 Å². The van der Waals surface area contributed by atoms with E-state index in [1.807, 2.05) is 25.1 Å². The summed E-state index contributed by atoms with van der Waals surface area (Å²) in [6.07, 6.45) is 3.69. The lowest BCUT2D eigenvalue weighted by Crippen LogP contribution is -2.02. The zero-order chi connectivity index (χ0) is 12.3. The second kappa shape index (κ2) is 4.73. The van der Waals surface area contributed by atoms with Crippen LogP contribution in [0.25, 0.3) is 0 Å². The molecule has 0 saturated carbocycles. The van der Waals surface area contributed by atoms with Gasteiger partial charge < -0.3 is 0 Å². The molecule has 0 amide bonds. The summed E-state index contributed by atoms with van der Waals surface area (Å²) in [6, 6.07) is 5.56. The Balaban J connectivity index is 2.26. The van der Waals surface area contributed by atoms with E-state index in [2.05, 4.69) is 10.1 Å². The second-order valence-corrected chi connectivity index (χ2v) is 3.59. The van der Waals surface area contributed by atoms with E-state index >= 15 is 0 Å². The van der Waals surface area contributed by atoms with Crippen molar-refractivity contribution in [2.45, 2.75) is 19.9 Å². The average Bonchev–Trinajstić information content (AvgIpc) is 2.73. The molecule has 17 heavy (non-hydrogen) atoms. The summed E-state index contributed by atoms with van der Waals surface area (Å²) in [7, 11) is 0. The van der Waals surface area contributed by atoms with E-state index in [4.69, 9.17) is 0 Å². The fourth-order valence-electron chi connectivity index (χ4n) is 1.59. The molecule has 0 aromatic carbocycles. The predicted octanol–water partition coefficient (Wildman–Crippen LogP) is 1.80. The molecule has 0 bridgehead atoms. The molecule has 0 saturated heterocycles. The average molecular weight is 232 g/mol. The fourth-order valence-corrected chi connectivity index (χ4v) is 1.59. The number of rotatable bonds is 4. The Morgan fingerprint density at radius 3 is 2.82 bits per heavy atom. The van der Waals surface area contributed by atoms with Crippen molar-refractivity contribution >= 4 is 5.69 Å². The Morgan fingerprint density at radius 2 is 2.29 bits per heavy atom. The molecular formula is C11H12N4O2. The van der Waals surface area contributed by atoms with E-state index in [-0.39, 0.29) is 5.69 Å². The SMILES string of the molecule is CCc1nn(Cc2ccccn2)cc1[N+](=O)[O-]. The molecule has 2 heterocycles. The van der Waals surface area contributed by atoms with E-state index in [9.17, 15) is 10.1 Å². The molecule has 0 aliphatic rings. The minimum absolute atomic E-state index is 0.0726. The molecule has 6 nitrogen and oxygen atoms in total. The van der Waals surface area contributed by atoms with Gasteiger partial charge >= 0.3 is 5.69 Å². The first kappa shape index (κ1) is 11.3. The topological polar surface area (TPSA) is 73.8 Å². The highest BCUT2D eigenvalue weighted by Crippen LogP contribution is 2.17. The van der Waals surface area contributed by atoms with Crippen molar-refractivity contribution < 1.29 is 4.92 Å². The molecule has 0 atom stereocenters. The summed E-state index contributed by atoms with van der Waals surface area (Å²) in [6.45, 7) is 2.29. The van der Waals surface area contributed by atoms with Crippen LogP contribution < -0.4 is 0 Å². The van der Waals surface area contributed by atoms with Gasteiger partial charge in [-0.15, -0.1) is 0 Å². The summed E-state index contributed by atoms with van der Waals surface area (Å²) in [4.78, 5) is 14.5. The maximum Gasteiger partial charge on any atom is 0.310 e. The largest absolute Gasteiger partial charge is 0.310 e. The maximum absolute atomic E-state index is 10.8. The zero-order valence-electron chi connectivity index (χ0n) is 9.41. The summed E-state index contributed by atoms with van der Waals surface area (Å²) in [5, 5.41) is 15.0. The molecule has 2 aromatic rings. The van der Waals surface area contributed by atoms with Gasteiger partial charge in [-0.2, -0.15) is 5.10 Å². The minimum Gasteiger partial charge on any atom is -0.259 e. The maximum atomic E-state index is 10.8. The van der Waals surface area contributed by atoms with Crippen LogP contribution in [-0.4, -0.2) is 19.7 Å². The normalized spacial score (nSPS) is 10.4. The second-order valence-electron chi connectivity index (χ2n) is 3.59. The number of aromatic nitrogens is 3. The Bertz CT molecular complexity index is 522. The van der Waals surface area contributed by atoms with E-state index in [0.717, 1.165) is 5.69 Å². The molecule has 2 aromatic heterocycles. The van der Waals surface area contributed by atoms with Crippen molar-refractivity contribution in [1.29, 1.82) is 0 Å². The van der Waals surface area contributed by atoms with E-state index in [0.29, 0.717) is 18.7 Å². The molecule has 0 unspecified atom stereocenters. The molecule has 0 aliphatic carbocycles. The van der Waals surface area contributed by atoms with Gasteiger partial charge in [-0.3, -0.25) is 19.8 Å². The Labute approximate surface area is 98.1 Å². The molecule has 0 aliphatic heterocycles. The van der Waals surface area contributed by atoms with Gasteiger partial charge in [0.05, 0.1) is 17.2 Å². The Morgan fingerprint density at radius 1 is 1.47 bits per heavy atom. The third-order valence-corrected chi connectivity index (χ3v) is 2.40. The standard InChI is InChI=1S/C11H12N4O2/c1-2-10-11(15(16)17)8-14(13-10)7-9-5-3-4-6-12-9/h3-6,8H,2,7H2,1H3. The third kappa shape index (κ3) is 2.47. The number of hydrogen-bond acceptors (Lipinski definition) is 4. The number of nitrogens with zero attached hydrogens (tertiary/aromatic N) is 4. The van der Waals surface area contributed by atoms with Crippen molar-refractivity contribution in [3.05, 3.63) is 52.1 Å². The first-order valence-electron chi connectivity index (χ1n) is 5.31. The van der Waals surface area contributed by atoms with Crippen molar-refractivity contribution in [2.24, 2.45) is 0 Å². The third-order valence-electron chi connectivity index (χ3n) is 2.40. The monoisotopic (exact) mass is 232 g/mol. The van der Waals surface area contributed by atoms with E-state index < -0.39 is 4.92 Å². The molecular weight excluding hydrogens is 220 g/mol. The van der Waals surface area contributed by atoms with Crippen molar-refractivity contribution in [2.75, 3.05) is 0 Å². The minimum atomic E-state index is -0.402. The van der Waals surface area contributed by atoms with Crippen LogP contribution in [-0.2, 0) is 13.0 Å². The van der Waals surface area contributed by atoms with Crippen LogP contribution in [0.1, 0.15) is 18.3 Å². The summed E-state index contributed by atoms with van der Waals surface area (Å²) in [5.41, 5.74) is 1.40. The van der Waals surface area contributed by atoms with E-state index in [1.165, 1.54) is 6.20 Å². The summed E-state index contributed by atoms with van der Waals surface area (Å²) in [5.74, 6) is 0. The van der Waals surface area contributed by atoms with Gasteiger partial charge in [0.15, 0.2) is 0 Å². The number of aryl methyl sites for hydroxylation is 1. The smallest absolute Gasteiger partial charge is 0.259 e. The zero-order valence-corrected chi connectivity index (χ0v) is 9.41. The molecule has 0 N–H and O–H groups in total. The highest BCUT2D eigenvalue weighted by Gasteiger charge is 2.17. The lowest BCUT2D eigenvalue weighted by Gasteiger charge is -1.98. The molecule has 0 radical (unpaired) electrons. The molecule has 0 fully saturated rings. The predicted molar refractivity (Wildman–Crippen MR) is 61.6 cm³/mol. The lowest BCUT2D eigenvalue weighted by atomic mass is 10.3. The summed E-state index contributed by atoms with van der Waals surface area (Å²) >= 11 is 0. The van der Waals surface area contributed by atoms with Crippen molar-refractivity contribution in [1.82, 2.24) is 14.8 Å². The highest BCUT2D eigenvalue weighted by atomic mass is 16.6. The van der Waals surface area contributed by atoms with Crippen LogP contribution in [0.15, 0.2) is 30.6 Å². The molecule has 88 valence electrons. The van der Waals surface area contributed by atoms with Crippen LogP contribution in [0, 0.1) is 10.1 Å². The molecule has 6 heteroatoms. The van der Waals surface area contributed by atoms with Crippen LogP contribution >= 0.6 is 0 Å². The summed E-state index contributed by atoms with van der Waals surface area (Å²) < 4.78 is 1.55. The van der Waals surface area contributed by atoms with Crippen molar-refractivity contribution in [3.8, 4) is 0 Å². The number of hydrogen-bond donors (Lipinski definition) is 0. The van der Waals surface area contributed by atoms with Crippen LogP contribution in [0.3, 0.4) is 0 Å². The van der Waals surface area contributed by atoms with Crippen LogP contribution in [0.2, 0.25) is 0 Å². The lowest BCUT2D eigenvalue weighted by molar-refractivity contribution is -0.385. The Kier molecular flexibility index (Phi) is 3.13. The van der Waals surface area contributed by atoms with Crippen LogP contribution in [0.5, 0.6) is 0 Å².